The molecule has 0 saturated carbocycles. The van der Waals surface area contributed by atoms with Crippen LogP contribution in [0.15, 0.2) is 35.7 Å². The number of nitrogens with one attached hydrogen (secondary N) is 1. The van der Waals surface area contributed by atoms with Gasteiger partial charge in [0.05, 0.1) is 21.2 Å². The van der Waals surface area contributed by atoms with Gasteiger partial charge in [0.2, 0.25) is 0 Å². The number of hydrogen-bond acceptors (Lipinski definition) is 3. The number of nitrogens with zero attached hydrogens (tertiary/aromatic N) is 1. The van der Waals surface area contributed by atoms with E-state index in [2.05, 4.69) is 10.2 Å². The number of nitrogen functional groups attached to an aromatic ring is 1. The zero-order chi connectivity index (χ0) is 13.4. The predicted molar refractivity (Wildman–Crippen MR) is 81.8 cm³/mol. The monoisotopic (exact) mass is 309 g/mol. The van der Waals surface area contributed by atoms with Crippen LogP contribution in [-0.2, 0) is 0 Å². The number of hydrogen-bond donors (Lipinski definition) is 2. The van der Waals surface area contributed by atoms with Crippen molar-refractivity contribution >= 4 is 40.4 Å². The molecule has 0 aliphatic heterocycles. The first-order chi connectivity index (χ1) is 9.16. The van der Waals surface area contributed by atoms with Gasteiger partial charge in [0, 0.05) is 5.02 Å². The molecule has 0 unspecified atom stereocenters. The first-order valence-corrected chi connectivity index (χ1v) is 7.13. The van der Waals surface area contributed by atoms with Gasteiger partial charge in [0.1, 0.15) is 0 Å². The molecule has 0 aliphatic carbocycles. The van der Waals surface area contributed by atoms with E-state index < -0.39 is 0 Å². The van der Waals surface area contributed by atoms with Crippen molar-refractivity contribution in [3.8, 4) is 21.7 Å². The molecule has 1 aromatic carbocycles. The van der Waals surface area contributed by atoms with Crippen LogP contribution in [0.5, 0.6) is 0 Å². The van der Waals surface area contributed by atoms with Crippen LogP contribution >= 0.6 is 34.5 Å². The van der Waals surface area contributed by atoms with Crippen LogP contribution in [0.1, 0.15) is 0 Å². The van der Waals surface area contributed by atoms with Crippen molar-refractivity contribution in [2.75, 3.05) is 5.73 Å². The lowest BCUT2D eigenvalue weighted by Crippen LogP contribution is -1.88. The Labute approximate surface area is 124 Å². The maximum atomic E-state index is 6.17. The largest absolute Gasteiger partial charge is 0.382 e. The molecule has 0 amide bonds. The van der Waals surface area contributed by atoms with Crippen LogP contribution in [0.25, 0.3) is 21.7 Å². The van der Waals surface area contributed by atoms with E-state index in [1.807, 2.05) is 35.7 Å². The fraction of sp³-hybridized carbons (Fsp3) is 0. The Hall–Kier alpha value is -1.49. The van der Waals surface area contributed by atoms with Crippen molar-refractivity contribution in [1.29, 1.82) is 0 Å². The predicted octanol–water partition coefficient (Wildman–Crippen LogP) is 4.69. The van der Waals surface area contributed by atoms with Gasteiger partial charge in [-0.05, 0) is 29.1 Å². The van der Waals surface area contributed by atoms with Crippen LogP contribution in [0.4, 0.5) is 5.82 Å². The Morgan fingerprint density at radius 3 is 2.74 bits per heavy atom. The van der Waals surface area contributed by atoms with Crippen LogP contribution in [-0.4, -0.2) is 10.2 Å². The minimum atomic E-state index is 0.432. The average molecular weight is 310 g/mol. The van der Waals surface area contributed by atoms with Crippen LogP contribution in [0.2, 0.25) is 10.0 Å². The second-order valence-corrected chi connectivity index (χ2v) is 5.73. The Bertz CT molecular complexity index is 733. The zero-order valence-electron chi connectivity index (χ0n) is 9.65. The summed E-state index contributed by atoms with van der Waals surface area (Å²) < 4.78 is 0. The normalized spacial score (nSPS) is 10.8. The molecular formula is C13H9Cl2N3S. The number of halogens is 2. The number of rotatable bonds is 2. The molecule has 0 saturated heterocycles. The van der Waals surface area contributed by atoms with Crippen molar-refractivity contribution in [2.45, 2.75) is 0 Å². The van der Waals surface area contributed by atoms with Gasteiger partial charge in [0.25, 0.3) is 0 Å². The molecule has 3 aromatic rings. The number of benzene rings is 1. The summed E-state index contributed by atoms with van der Waals surface area (Å²) in [7, 11) is 0. The summed E-state index contributed by atoms with van der Waals surface area (Å²) in [5.41, 5.74) is 8.52. The van der Waals surface area contributed by atoms with Gasteiger partial charge >= 0.3 is 0 Å². The second-order valence-electron chi connectivity index (χ2n) is 3.97. The molecule has 3 N–H and O–H groups in total. The maximum Gasteiger partial charge on any atom is 0.153 e. The highest BCUT2D eigenvalue weighted by molar-refractivity contribution is 7.14. The quantitative estimate of drug-likeness (QED) is 0.721. The highest BCUT2D eigenvalue weighted by atomic mass is 35.5. The summed E-state index contributed by atoms with van der Waals surface area (Å²) in [4.78, 5) is 0.917. The molecule has 2 heterocycles. The van der Waals surface area contributed by atoms with Crippen molar-refractivity contribution in [3.63, 3.8) is 0 Å². The van der Waals surface area contributed by atoms with E-state index in [4.69, 9.17) is 28.9 Å². The zero-order valence-corrected chi connectivity index (χ0v) is 12.0. The Morgan fingerprint density at radius 2 is 2.05 bits per heavy atom. The van der Waals surface area contributed by atoms with Crippen LogP contribution in [0, 0.1) is 0 Å². The molecule has 0 radical (unpaired) electrons. The molecule has 3 nitrogen and oxygen atoms in total. The number of nitrogens with two attached hydrogens (primary N) is 1. The highest BCUT2D eigenvalue weighted by Crippen LogP contribution is 2.40. The van der Waals surface area contributed by atoms with Crippen LogP contribution < -0.4 is 5.73 Å². The van der Waals surface area contributed by atoms with Crippen LogP contribution in [0.3, 0.4) is 0 Å². The molecule has 6 heteroatoms. The van der Waals surface area contributed by atoms with Gasteiger partial charge in [-0.15, -0.1) is 11.3 Å². The maximum absolute atomic E-state index is 6.17. The molecule has 2 aromatic heterocycles. The van der Waals surface area contributed by atoms with E-state index >= 15 is 0 Å². The highest BCUT2D eigenvalue weighted by Gasteiger charge is 2.17. The summed E-state index contributed by atoms with van der Waals surface area (Å²) in [6.07, 6.45) is 0. The number of anilines is 1. The van der Waals surface area contributed by atoms with Gasteiger partial charge in [-0.1, -0.05) is 35.3 Å². The third-order valence-corrected chi connectivity index (χ3v) is 4.35. The molecule has 0 bridgehead atoms. The average Bonchev–Trinajstić information content (AvgIpc) is 2.95. The Kier molecular flexibility index (Phi) is 3.22. The summed E-state index contributed by atoms with van der Waals surface area (Å²) in [5, 5.41) is 10.3. The summed E-state index contributed by atoms with van der Waals surface area (Å²) in [5.74, 6) is 0.432. The van der Waals surface area contributed by atoms with Gasteiger partial charge in [-0.2, -0.15) is 5.10 Å². The fourth-order valence-corrected chi connectivity index (χ4v) is 3.27. The third-order valence-electron chi connectivity index (χ3n) is 2.75. The van der Waals surface area contributed by atoms with E-state index in [1.165, 1.54) is 11.3 Å². The molecule has 3 rings (SSSR count). The topological polar surface area (TPSA) is 54.7 Å². The van der Waals surface area contributed by atoms with Crippen molar-refractivity contribution in [3.05, 3.63) is 45.8 Å². The summed E-state index contributed by atoms with van der Waals surface area (Å²) in [6, 6.07) is 9.34. The van der Waals surface area contributed by atoms with E-state index in [0.717, 1.165) is 21.7 Å². The minimum absolute atomic E-state index is 0.432. The lowest BCUT2D eigenvalue weighted by atomic mass is 10.0. The van der Waals surface area contributed by atoms with Gasteiger partial charge in [0.15, 0.2) is 5.82 Å². The van der Waals surface area contributed by atoms with Gasteiger partial charge < -0.3 is 5.73 Å². The molecule has 0 atom stereocenters. The number of thiophene rings is 1. The Balaban J connectivity index is 2.22. The standard InChI is InChI=1S/C13H9Cl2N3S/c14-8-3-1-2-7(6-8)10-11(17-18-13(10)16)12-9(15)4-5-19-12/h1-6H,(H3,16,17,18). The van der Waals surface area contributed by atoms with E-state index in [0.29, 0.717) is 15.9 Å². The third kappa shape index (κ3) is 2.23. The van der Waals surface area contributed by atoms with Crippen molar-refractivity contribution in [2.24, 2.45) is 0 Å². The van der Waals surface area contributed by atoms with E-state index in [-0.39, 0.29) is 0 Å². The first kappa shape index (κ1) is 12.5. The summed E-state index contributed by atoms with van der Waals surface area (Å²) in [6.45, 7) is 0. The Morgan fingerprint density at radius 1 is 1.21 bits per heavy atom. The van der Waals surface area contributed by atoms with Crippen molar-refractivity contribution in [1.82, 2.24) is 10.2 Å². The molecule has 0 spiro atoms. The van der Waals surface area contributed by atoms with Gasteiger partial charge in [-0.25, -0.2) is 0 Å². The lowest BCUT2D eigenvalue weighted by molar-refractivity contribution is 1.11. The second kappa shape index (κ2) is 4.89. The van der Waals surface area contributed by atoms with E-state index in [1.54, 1.807) is 0 Å². The number of H-pyrrole nitrogens is 1. The number of aromatic amines is 1. The molecule has 19 heavy (non-hydrogen) atoms. The molecule has 96 valence electrons. The number of aromatic nitrogens is 2. The van der Waals surface area contributed by atoms with Crippen molar-refractivity contribution < 1.29 is 0 Å². The van der Waals surface area contributed by atoms with Gasteiger partial charge in [-0.3, -0.25) is 5.10 Å². The lowest BCUT2D eigenvalue weighted by Gasteiger charge is -2.04. The molecular weight excluding hydrogens is 301 g/mol. The first-order valence-electron chi connectivity index (χ1n) is 5.50. The molecule has 0 fully saturated rings. The SMILES string of the molecule is Nc1n[nH]c(-c2sccc2Cl)c1-c1cccc(Cl)c1. The fourth-order valence-electron chi connectivity index (χ4n) is 1.93. The van der Waals surface area contributed by atoms with E-state index in [9.17, 15) is 0 Å². The summed E-state index contributed by atoms with van der Waals surface area (Å²) >= 11 is 13.7. The molecule has 0 aliphatic rings. The smallest absolute Gasteiger partial charge is 0.153 e. The minimum Gasteiger partial charge on any atom is -0.382 e.